The van der Waals surface area contributed by atoms with Crippen LogP contribution in [0.15, 0.2) is 76.2 Å². The molecule has 0 fully saturated rings. The van der Waals surface area contributed by atoms with Crippen molar-refractivity contribution in [2.45, 2.75) is 6.92 Å². The van der Waals surface area contributed by atoms with Gasteiger partial charge in [0.05, 0.1) is 18.4 Å². The van der Waals surface area contributed by atoms with E-state index in [4.69, 9.17) is 13.9 Å². The number of furan rings is 1. The molecule has 0 unspecified atom stereocenters. The van der Waals surface area contributed by atoms with Gasteiger partial charge < -0.3 is 13.9 Å². The van der Waals surface area contributed by atoms with Gasteiger partial charge in [0, 0.05) is 5.56 Å². The van der Waals surface area contributed by atoms with Crippen molar-refractivity contribution in [3.05, 3.63) is 78.1 Å². The number of para-hydroxylation sites is 1. The highest BCUT2D eigenvalue weighted by Crippen LogP contribution is 2.22. The number of rotatable bonds is 8. The zero-order valence-electron chi connectivity index (χ0n) is 15.8. The van der Waals surface area contributed by atoms with E-state index in [0.717, 1.165) is 5.56 Å². The van der Waals surface area contributed by atoms with Crippen molar-refractivity contribution in [2.75, 3.05) is 13.2 Å². The van der Waals surface area contributed by atoms with Gasteiger partial charge in [0.15, 0.2) is 6.61 Å². The Balaban J connectivity index is 1.52. The molecular formula is C22H20N2O5. The third-order valence-electron chi connectivity index (χ3n) is 3.80. The summed E-state index contributed by atoms with van der Waals surface area (Å²) in [5.74, 6) is 0.945. The number of benzene rings is 2. The molecule has 0 spiro atoms. The van der Waals surface area contributed by atoms with E-state index in [0.29, 0.717) is 29.4 Å². The van der Waals surface area contributed by atoms with Crippen molar-refractivity contribution in [1.29, 1.82) is 0 Å². The first kappa shape index (κ1) is 19.9. The predicted molar refractivity (Wildman–Crippen MR) is 108 cm³/mol. The zero-order chi connectivity index (χ0) is 20.5. The number of hydrogen-bond acceptors (Lipinski definition) is 6. The lowest BCUT2D eigenvalue weighted by Crippen LogP contribution is -2.24. The molecule has 0 bridgehead atoms. The molecule has 0 atom stereocenters. The highest BCUT2D eigenvalue weighted by Gasteiger charge is 2.08. The minimum atomic E-state index is -0.383. The zero-order valence-corrected chi connectivity index (χ0v) is 15.8. The molecule has 0 radical (unpaired) electrons. The lowest BCUT2D eigenvalue weighted by atomic mass is 10.1. The second kappa shape index (κ2) is 9.89. The highest BCUT2D eigenvalue weighted by atomic mass is 16.5. The summed E-state index contributed by atoms with van der Waals surface area (Å²) in [5, 5.41) is 3.86. The van der Waals surface area contributed by atoms with E-state index < -0.39 is 0 Å². The molecule has 3 aromatic rings. The van der Waals surface area contributed by atoms with Gasteiger partial charge in [0.1, 0.15) is 17.3 Å². The van der Waals surface area contributed by atoms with Crippen molar-refractivity contribution < 1.29 is 23.5 Å². The third-order valence-corrected chi connectivity index (χ3v) is 3.80. The molecule has 148 valence electrons. The van der Waals surface area contributed by atoms with Crippen LogP contribution in [0.3, 0.4) is 0 Å². The normalized spacial score (nSPS) is 10.7. The van der Waals surface area contributed by atoms with E-state index in [1.165, 1.54) is 6.21 Å². The van der Waals surface area contributed by atoms with Crippen molar-refractivity contribution >= 4 is 18.1 Å². The Labute approximate surface area is 167 Å². The van der Waals surface area contributed by atoms with Crippen LogP contribution in [0.25, 0.3) is 11.3 Å². The lowest BCUT2D eigenvalue weighted by Gasteiger charge is -2.03. The average molecular weight is 392 g/mol. The number of hydrogen-bond donors (Lipinski definition) is 1. The number of carbonyl (C=O) groups excluding carboxylic acids is 2. The minimum Gasteiger partial charge on any atom is -0.484 e. The number of hydrazone groups is 1. The fourth-order valence-electron chi connectivity index (χ4n) is 2.43. The number of nitrogens with one attached hydrogen (secondary N) is 1. The molecular weight excluding hydrogens is 372 g/mol. The molecule has 2 aromatic carbocycles. The van der Waals surface area contributed by atoms with Crippen LogP contribution >= 0.6 is 0 Å². The van der Waals surface area contributed by atoms with Crippen molar-refractivity contribution in [1.82, 2.24) is 5.43 Å². The average Bonchev–Trinajstić information content (AvgIpc) is 3.22. The molecule has 0 saturated carbocycles. The summed E-state index contributed by atoms with van der Waals surface area (Å²) < 4.78 is 16.0. The number of amides is 1. The summed E-state index contributed by atoms with van der Waals surface area (Å²) in [6, 6.07) is 19.4. The lowest BCUT2D eigenvalue weighted by molar-refractivity contribution is -0.123. The van der Waals surface area contributed by atoms with Gasteiger partial charge in [-0.3, -0.25) is 4.79 Å². The molecule has 1 aromatic heterocycles. The summed E-state index contributed by atoms with van der Waals surface area (Å²) >= 11 is 0. The number of nitrogens with zero attached hydrogens (tertiary/aromatic N) is 1. The van der Waals surface area contributed by atoms with Crippen LogP contribution in [-0.2, 0) is 9.53 Å². The van der Waals surface area contributed by atoms with Crippen LogP contribution in [0.1, 0.15) is 23.0 Å². The molecule has 7 heteroatoms. The highest BCUT2D eigenvalue weighted by molar-refractivity contribution is 5.90. The van der Waals surface area contributed by atoms with Crippen LogP contribution in [-0.4, -0.2) is 31.3 Å². The summed E-state index contributed by atoms with van der Waals surface area (Å²) in [6.07, 6.45) is 1.40. The monoisotopic (exact) mass is 392 g/mol. The van der Waals surface area contributed by atoms with Crippen LogP contribution in [0.2, 0.25) is 0 Å². The first-order valence-corrected chi connectivity index (χ1v) is 9.03. The Kier molecular flexibility index (Phi) is 6.78. The number of esters is 1. The van der Waals surface area contributed by atoms with Crippen LogP contribution in [0.5, 0.6) is 5.75 Å². The van der Waals surface area contributed by atoms with Crippen molar-refractivity contribution in [2.24, 2.45) is 5.10 Å². The van der Waals surface area contributed by atoms with Crippen molar-refractivity contribution in [3.63, 3.8) is 0 Å². The Morgan fingerprint density at radius 1 is 1.03 bits per heavy atom. The van der Waals surface area contributed by atoms with Gasteiger partial charge in [-0.25, -0.2) is 10.2 Å². The summed E-state index contributed by atoms with van der Waals surface area (Å²) in [5.41, 5.74) is 3.66. The van der Waals surface area contributed by atoms with E-state index >= 15 is 0 Å². The molecule has 3 rings (SSSR count). The molecule has 0 aliphatic heterocycles. The fraction of sp³-hybridized carbons (Fsp3) is 0.136. The number of ether oxygens (including phenoxy) is 2. The smallest absolute Gasteiger partial charge is 0.338 e. The van der Waals surface area contributed by atoms with Gasteiger partial charge in [-0.1, -0.05) is 30.3 Å². The summed E-state index contributed by atoms with van der Waals surface area (Å²) in [7, 11) is 0. The van der Waals surface area contributed by atoms with Gasteiger partial charge in [-0.05, 0) is 43.3 Å². The minimum absolute atomic E-state index is 0.141. The quantitative estimate of drug-likeness (QED) is 0.359. The second-order valence-corrected chi connectivity index (χ2v) is 5.89. The SMILES string of the molecule is CCOC(=O)c1ccc(-c2ccc(/C=N/NC(=O)COc3ccccc3)o2)cc1. The largest absolute Gasteiger partial charge is 0.484 e. The predicted octanol–water partition coefficient (Wildman–Crippen LogP) is 3.65. The molecule has 1 N–H and O–H groups in total. The van der Waals surface area contributed by atoms with E-state index in [1.807, 2.05) is 18.2 Å². The Morgan fingerprint density at radius 2 is 1.79 bits per heavy atom. The molecule has 0 aliphatic carbocycles. The first-order chi connectivity index (χ1) is 14.2. The van der Waals surface area contributed by atoms with Crippen LogP contribution in [0, 0.1) is 0 Å². The molecule has 1 amide bonds. The molecule has 1 heterocycles. The topological polar surface area (TPSA) is 90.1 Å². The summed E-state index contributed by atoms with van der Waals surface area (Å²) in [4.78, 5) is 23.4. The molecule has 0 aliphatic rings. The third kappa shape index (κ3) is 5.80. The van der Waals surface area contributed by atoms with E-state index in [2.05, 4.69) is 10.5 Å². The number of carbonyl (C=O) groups is 2. The van der Waals surface area contributed by atoms with E-state index in [1.54, 1.807) is 55.5 Å². The van der Waals surface area contributed by atoms with E-state index in [-0.39, 0.29) is 18.5 Å². The molecule has 7 nitrogen and oxygen atoms in total. The maximum absolute atomic E-state index is 11.7. The Morgan fingerprint density at radius 3 is 2.52 bits per heavy atom. The van der Waals surface area contributed by atoms with E-state index in [9.17, 15) is 9.59 Å². The first-order valence-electron chi connectivity index (χ1n) is 9.03. The second-order valence-electron chi connectivity index (χ2n) is 5.89. The van der Waals surface area contributed by atoms with Gasteiger partial charge >= 0.3 is 5.97 Å². The fourth-order valence-corrected chi connectivity index (χ4v) is 2.43. The summed E-state index contributed by atoms with van der Waals surface area (Å²) in [6.45, 7) is 1.95. The Hall–Kier alpha value is -3.87. The maximum atomic E-state index is 11.7. The van der Waals surface area contributed by atoms with Crippen molar-refractivity contribution in [3.8, 4) is 17.1 Å². The maximum Gasteiger partial charge on any atom is 0.338 e. The molecule has 29 heavy (non-hydrogen) atoms. The Bertz CT molecular complexity index is 978. The molecule has 0 saturated heterocycles. The van der Waals surface area contributed by atoms with Gasteiger partial charge in [-0.2, -0.15) is 5.10 Å². The van der Waals surface area contributed by atoms with Crippen LogP contribution in [0.4, 0.5) is 0 Å². The van der Waals surface area contributed by atoms with Gasteiger partial charge in [-0.15, -0.1) is 0 Å². The van der Waals surface area contributed by atoms with Gasteiger partial charge in [0.25, 0.3) is 5.91 Å². The van der Waals surface area contributed by atoms with Crippen LogP contribution < -0.4 is 10.2 Å². The standard InChI is InChI=1S/C22H20N2O5/c1-2-27-22(26)17-10-8-16(9-11-17)20-13-12-19(29-20)14-23-24-21(25)15-28-18-6-4-3-5-7-18/h3-14H,2,15H2,1H3,(H,24,25)/b23-14+. The van der Waals surface area contributed by atoms with Gasteiger partial charge in [0.2, 0.25) is 0 Å².